The van der Waals surface area contributed by atoms with Gasteiger partial charge in [-0.3, -0.25) is 10.1 Å². The van der Waals surface area contributed by atoms with E-state index in [0.717, 1.165) is 13.0 Å². The molecule has 0 aliphatic rings. The van der Waals surface area contributed by atoms with Crippen molar-refractivity contribution in [2.24, 2.45) is 5.92 Å². The smallest absolute Gasteiger partial charge is 0.311 e. The Labute approximate surface area is 112 Å². The number of hydrogen-bond donors (Lipinski definition) is 2. The summed E-state index contributed by atoms with van der Waals surface area (Å²) < 4.78 is 5.43. The summed E-state index contributed by atoms with van der Waals surface area (Å²) in [5.74, 6) is 1.05. The minimum Gasteiger partial charge on any atom is -0.380 e. The molecule has 19 heavy (non-hydrogen) atoms. The molecule has 1 rings (SSSR count). The zero-order chi connectivity index (χ0) is 14.3. The fourth-order valence-corrected chi connectivity index (χ4v) is 1.39. The number of nitrogen functional groups attached to an aromatic ring is 1. The van der Waals surface area contributed by atoms with Gasteiger partial charge >= 0.3 is 5.69 Å². The summed E-state index contributed by atoms with van der Waals surface area (Å²) >= 11 is 0. The number of nitrogens with two attached hydrogens (primary N) is 1. The van der Waals surface area contributed by atoms with E-state index in [9.17, 15) is 10.1 Å². The molecule has 0 aromatic carbocycles. The van der Waals surface area contributed by atoms with Crippen LogP contribution in [0.4, 0.5) is 17.3 Å². The second kappa shape index (κ2) is 7.52. The van der Waals surface area contributed by atoms with Gasteiger partial charge < -0.3 is 15.8 Å². The van der Waals surface area contributed by atoms with Crippen LogP contribution in [0.25, 0.3) is 0 Å². The van der Waals surface area contributed by atoms with Crippen LogP contribution >= 0.6 is 0 Å². The number of anilines is 2. The molecule has 0 amide bonds. The van der Waals surface area contributed by atoms with E-state index in [4.69, 9.17) is 10.5 Å². The van der Waals surface area contributed by atoms with E-state index >= 15 is 0 Å². The highest BCUT2D eigenvalue weighted by Gasteiger charge is 2.12. The maximum atomic E-state index is 10.6. The van der Waals surface area contributed by atoms with Gasteiger partial charge in [-0.2, -0.15) is 0 Å². The SMILES string of the molecule is CC(C)CCOCCNc1ccc([N+](=O)[O-])c(N)n1. The van der Waals surface area contributed by atoms with Gasteiger partial charge in [0.1, 0.15) is 5.82 Å². The lowest BCUT2D eigenvalue weighted by molar-refractivity contribution is -0.384. The molecule has 0 aliphatic heterocycles. The first kappa shape index (κ1) is 15.2. The Morgan fingerprint density at radius 3 is 2.79 bits per heavy atom. The molecule has 3 N–H and O–H groups in total. The van der Waals surface area contributed by atoms with E-state index in [2.05, 4.69) is 24.1 Å². The molecule has 106 valence electrons. The van der Waals surface area contributed by atoms with Crippen molar-refractivity contribution in [3.8, 4) is 0 Å². The first-order chi connectivity index (χ1) is 9.00. The minimum atomic E-state index is -0.554. The van der Waals surface area contributed by atoms with Crippen molar-refractivity contribution < 1.29 is 9.66 Å². The van der Waals surface area contributed by atoms with Crippen LogP contribution in [0.2, 0.25) is 0 Å². The highest BCUT2D eigenvalue weighted by molar-refractivity contribution is 5.57. The van der Waals surface area contributed by atoms with E-state index in [-0.39, 0.29) is 11.5 Å². The molecule has 7 nitrogen and oxygen atoms in total. The van der Waals surface area contributed by atoms with E-state index in [1.54, 1.807) is 0 Å². The summed E-state index contributed by atoms with van der Waals surface area (Å²) in [6.45, 7) is 6.17. The Kier molecular flexibility index (Phi) is 6.01. The fraction of sp³-hybridized carbons (Fsp3) is 0.583. The van der Waals surface area contributed by atoms with Crippen LogP contribution in [-0.2, 0) is 4.74 Å². The van der Waals surface area contributed by atoms with Crippen LogP contribution in [0.1, 0.15) is 20.3 Å². The molecule has 0 unspecified atom stereocenters. The number of ether oxygens (including phenoxy) is 1. The molecule has 1 heterocycles. The topological polar surface area (TPSA) is 103 Å². The lowest BCUT2D eigenvalue weighted by atomic mass is 10.1. The van der Waals surface area contributed by atoms with E-state index in [1.807, 2.05) is 0 Å². The maximum Gasteiger partial charge on any atom is 0.311 e. The first-order valence-electron chi connectivity index (χ1n) is 6.23. The number of aromatic nitrogens is 1. The van der Waals surface area contributed by atoms with Gasteiger partial charge in [0.05, 0.1) is 11.5 Å². The summed E-state index contributed by atoms with van der Waals surface area (Å²) in [4.78, 5) is 13.9. The van der Waals surface area contributed by atoms with Crippen LogP contribution in [0.3, 0.4) is 0 Å². The third-order valence-electron chi connectivity index (χ3n) is 2.49. The zero-order valence-electron chi connectivity index (χ0n) is 11.3. The second-order valence-corrected chi connectivity index (χ2v) is 4.58. The molecule has 0 aliphatic carbocycles. The first-order valence-corrected chi connectivity index (χ1v) is 6.23. The Balaban J connectivity index is 2.30. The predicted molar refractivity (Wildman–Crippen MR) is 74.1 cm³/mol. The number of nitro groups is 1. The summed E-state index contributed by atoms with van der Waals surface area (Å²) in [6, 6.07) is 2.87. The Morgan fingerprint density at radius 2 is 2.21 bits per heavy atom. The predicted octanol–water partition coefficient (Wildman–Crippen LogP) is 2.05. The zero-order valence-corrected chi connectivity index (χ0v) is 11.3. The highest BCUT2D eigenvalue weighted by atomic mass is 16.6. The van der Waals surface area contributed by atoms with Crippen LogP contribution in [-0.4, -0.2) is 29.7 Å². The van der Waals surface area contributed by atoms with Crippen molar-refractivity contribution in [2.45, 2.75) is 20.3 Å². The van der Waals surface area contributed by atoms with Gasteiger partial charge in [-0.05, 0) is 18.4 Å². The molecule has 0 fully saturated rings. The number of rotatable bonds is 8. The number of nitrogens with one attached hydrogen (secondary N) is 1. The van der Waals surface area contributed by atoms with Gasteiger partial charge in [-0.25, -0.2) is 4.98 Å². The number of nitrogens with zero attached hydrogens (tertiary/aromatic N) is 2. The van der Waals surface area contributed by atoms with Gasteiger partial charge in [0.15, 0.2) is 0 Å². The molecule has 0 radical (unpaired) electrons. The molecule has 0 saturated carbocycles. The largest absolute Gasteiger partial charge is 0.380 e. The Morgan fingerprint density at radius 1 is 1.47 bits per heavy atom. The van der Waals surface area contributed by atoms with Crippen LogP contribution < -0.4 is 11.1 Å². The number of pyridine rings is 1. The second-order valence-electron chi connectivity index (χ2n) is 4.58. The van der Waals surface area contributed by atoms with Crippen molar-refractivity contribution in [2.75, 3.05) is 30.8 Å². The standard InChI is InChI=1S/C12H20N4O3/c1-9(2)5-7-19-8-6-14-11-4-3-10(16(17)18)12(13)15-11/h3-4,9H,5-8H2,1-2H3,(H3,13,14,15). The van der Waals surface area contributed by atoms with Gasteiger partial charge in [-0.15, -0.1) is 0 Å². The summed E-state index contributed by atoms with van der Waals surface area (Å²) in [5.41, 5.74) is 5.30. The van der Waals surface area contributed by atoms with Gasteiger partial charge in [0.25, 0.3) is 0 Å². The summed E-state index contributed by atoms with van der Waals surface area (Å²) in [6.07, 6.45) is 1.03. The quantitative estimate of drug-likeness (QED) is 0.425. The molecule has 0 atom stereocenters. The average Bonchev–Trinajstić information content (AvgIpc) is 2.32. The van der Waals surface area contributed by atoms with Crippen molar-refractivity contribution in [3.05, 3.63) is 22.2 Å². The van der Waals surface area contributed by atoms with E-state index in [0.29, 0.717) is 24.9 Å². The monoisotopic (exact) mass is 268 g/mol. The summed E-state index contributed by atoms with van der Waals surface area (Å²) in [7, 11) is 0. The molecular formula is C12H20N4O3. The third-order valence-corrected chi connectivity index (χ3v) is 2.49. The normalized spacial score (nSPS) is 10.7. The minimum absolute atomic E-state index is 0.0873. The molecule has 0 bridgehead atoms. The fourth-order valence-electron chi connectivity index (χ4n) is 1.39. The van der Waals surface area contributed by atoms with Crippen LogP contribution in [0.5, 0.6) is 0 Å². The third kappa shape index (κ3) is 5.52. The Bertz CT molecular complexity index is 423. The molecule has 0 saturated heterocycles. The highest BCUT2D eigenvalue weighted by Crippen LogP contribution is 2.20. The van der Waals surface area contributed by atoms with E-state index < -0.39 is 4.92 Å². The van der Waals surface area contributed by atoms with Crippen molar-refractivity contribution in [3.63, 3.8) is 0 Å². The molecule has 1 aromatic heterocycles. The van der Waals surface area contributed by atoms with Crippen molar-refractivity contribution >= 4 is 17.3 Å². The molecule has 7 heteroatoms. The number of hydrogen-bond acceptors (Lipinski definition) is 6. The average molecular weight is 268 g/mol. The van der Waals surface area contributed by atoms with Crippen molar-refractivity contribution in [1.82, 2.24) is 4.98 Å². The lowest BCUT2D eigenvalue weighted by Gasteiger charge is -2.08. The van der Waals surface area contributed by atoms with Crippen molar-refractivity contribution in [1.29, 1.82) is 0 Å². The van der Waals surface area contributed by atoms with Crippen LogP contribution in [0.15, 0.2) is 12.1 Å². The lowest BCUT2D eigenvalue weighted by Crippen LogP contribution is -2.12. The van der Waals surface area contributed by atoms with Gasteiger partial charge in [0, 0.05) is 19.2 Å². The van der Waals surface area contributed by atoms with Gasteiger partial charge in [-0.1, -0.05) is 13.8 Å². The molecule has 0 spiro atoms. The summed E-state index contributed by atoms with van der Waals surface area (Å²) in [5, 5.41) is 13.6. The molecule has 1 aromatic rings. The molecular weight excluding hydrogens is 248 g/mol. The van der Waals surface area contributed by atoms with Gasteiger partial charge in [0.2, 0.25) is 5.82 Å². The van der Waals surface area contributed by atoms with Crippen LogP contribution in [0, 0.1) is 16.0 Å². The Hall–Kier alpha value is -1.89. The maximum absolute atomic E-state index is 10.6. The van der Waals surface area contributed by atoms with E-state index in [1.165, 1.54) is 12.1 Å².